The number of nitrogens with zero attached hydrogens (tertiary/aromatic N) is 10. The van der Waals surface area contributed by atoms with Gasteiger partial charge in [0, 0.05) is 56.4 Å². The Kier molecular flexibility index (Phi) is 794. The molecule has 0 saturated heterocycles. The number of hydrogen-bond acceptors (Lipinski definition) is 10. The van der Waals surface area contributed by atoms with Gasteiger partial charge in [-0.05, 0) is 0 Å². The van der Waals surface area contributed by atoms with Gasteiger partial charge in [-0.25, -0.2) is 0 Å². The van der Waals surface area contributed by atoms with Gasteiger partial charge in [-0.1, -0.05) is 0 Å². The van der Waals surface area contributed by atoms with Gasteiger partial charge in [-0.15, -0.1) is 0 Å². The topological polar surface area (TPSA) is 381 Å². The molecule has 10 N–H and O–H groups in total. The van der Waals surface area contributed by atoms with Crippen LogP contribution >= 0.6 is 0 Å². The van der Waals surface area contributed by atoms with Crippen molar-refractivity contribution in [3.63, 3.8) is 0 Å². The molecule has 235 valence electrons. The molecule has 0 aromatic heterocycles. The van der Waals surface area contributed by atoms with Crippen LogP contribution in [0, 0.1) is 108 Å². The zero-order valence-electron chi connectivity index (χ0n) is 22.5. The van der Waals surface area contributed by atoms with E-state index in [0.717, 1.165) is 25.6 Å². The second kappa shape index (κ2) is 250. The molecule has 0 saturated carbocycles. The van der Waals surface area contributed by atoms with Crippen LogP contribution < -0.4 is 0 Å². The minimum atomic E-state index is 0. The van der Waals surface area contributed by atoms with Crippen molar-refractivity contribution >= 4 is 25.6 Å². The molecule has 21 heteroatoms. The van der Waals surface area contributed by atoms with E-state index in [0.29, 0.717) is 0 Å². The van der Waals surface area contributed by atoms with Crippen LogP contribution in [0.5, 0.6) is 0 Å². The summed E-state index contributed by atoms with van der Waals surface area (Å²) in [7, 11) is 13.5. The van der Waals surface area contributed by atoms with Gasteiger partial charge in [0.15, 0.2) is 0 Å². The minimum absolute atomic E-state index is 0. The second-order valence-corrected chi connectivity index (χ2v) is 4.28. The normalized spacial score (nSPS) is 3.79. The maximum Gasteiger partial charge on any atom is 3.00 e. The van der Waals surface area contributed by atoms with Crippen LogP contribution in [0.3, 0.4) is 0 Å². The molecule has 1 radical (unpaired) electrons. The van der Waals surface area contributed by atoms with Crippen molar-refractivity contribution in [1.82, 2.24) is 19.6 Å². The zero-order valence-corrected chi connectivity index (χ0v) is 25.4. The summed E-state index contributed by atoms with van der Waals surface area (Å²) in [6, 6.07) is 0. The van der Waals surface area contributed by atoms with E-state index in [4.69, 9.17) is 71.0 Å². The van der Waals surface area contributed by atoms with E-state index in [9.17, 15) is 19.2 Å². The Hall–Kier alpha value is -3.63. The minimum Gasteiger partial charge on any atom is -0.512 e. The van der Waals surface area contributed by atoms with Crippen LogP contribution in [0.1, 0.15) is 0 Å². The number of carbonyl (C=O) groups is 4. The van der Waals surface area contributed by atoms with E-state index >= 15 is 0 Å². The third kappa shape index (κ3) is 1880. The summed E-state index contributed by atoms with van der Waals surface area (Å²) in [4.78, 5) is 43.5. The summed E-state index contributed by atoms with van der Waals surface area (Å²) in [5.74, 6) is 0. The summed E-state index contributed by atoms with van der Waals surface area (Å²) in [6.07, 6.45) is 3.00. The fraction of sp³-hybridized carbons (Fsp3) is 0.444. The fourth-order valence-electron chi connectivity index (χ4n) is 0. The molecule has 0 aliphatic carbocycles. The molecule has 0 aromatic rings. The first kappa shape index (κ1) is 124. The van der Waals surface area contributed by atoms with E-state index in [1.165, 1.54) is 19.6 Å². The molecule has 39 heavy (non-hydrogen) atoms. The van der Waals surface area contributed by atoms with Crippen LogP contribution in [0.2, 0.25) is 0 Å². The van der Waals surface area contributed by atoms with Gasteiger partial charge >= 0.3 is 53.9 Å². The summed E-state index contributed by atoms with van der Waals surface area (Å²) in [5, 5.41) is 37.5. The smallest absolute Gasteiger partial charge is 0.512 e. The van der Waals surface area contributed by atoms with Crippen molar-refractivity contribution < 1.29 is 101 Å². The van der Waals surface area contributed by atoms with Crippen LogP contribution in [0.15, 0.2) is 0 Å². The van der Waals surface area contributed by atoms with E-state index < -0.39 is 0 Å². The molecule has 0 aromatic carbocycles. The average Bonchev–Trinajstić information content (AvgIpc) is 2.87. The van der Waals surface area contributed by atoms with Gasteiger partial charge in [0.05, 0.1) is 0 Å². The van der Waals surface area contributed by atoms with Gasteiger partial charge in [-0.2, -0.15) is 0 Å². The standard InChI is InChI=1S/4C3H7NO.6CN.Fe.5H2O.Tm/c4*1-4(2)3-5;6*1-2;;;;;;;/h4*3H,1-2H3;;;;;;;;5*1H2;/q;;;;6*-1;+3;;;;;;+3. The van der Waals surface area contributed by atoms with Gasteiger partial charge < -0.3 is 118 Å². The first-order chi connectivity index (χ1) is 15.1. The molecule has 4 amide bonds. The molecule has 0 spiro atoms. The number of hydrogen-bond donors (Lipinski definition) is 0. The molecule has 0 atom stereocenters. The number of rotatable bonds is 4. The Labute approximate surface area is 271 Å². The molecule has 0 rings (SSSR count). The Morgan fingerprint density at radius 1 is 0.359 bits per heavy atom. The van der Waals surface area contributed by atoms with Crippen LogP contribution in [-0.2, 0) is 36.2 Å². The van der Waals surface area contributed by atoms with Crippen molar-refractivity contribution in [2.45, 2.75) is 0 Å². The first-order valence-corrected chi connectivity index (χ1v) is 6.89. The van der Waals surface area contributed by atoms with Crippen LogP contribution in [-0.4, -0.2) is 129 Å². The largest absolute Gasteiger partial charge is 3.00 e. The summed E-state index contributed by atoms with van der Waals surface area (Å²) >= 11 is 0. The Balaban J connectivity index is -0.00000000928. The van der Waals surface area contributed by atoms with Crippen molar-refractivity contribution in [3.8, 4) is 0 Å². The fourth-order valence-corrected chi connectivity index (χ4v) is 0. The molecule has 0 unspecified atom stereocenters. The quantitative estimate of drug-likeness (QED) is 0.149. The summed E-state index contributed by atoms with van der Waals surface area (Å²) in [6.45, 7) is 28.5. The van der Waals surface area contributed by atoms with E-state index in [2.05, 4.69) is 0 Å². The van der Waals surface area contributed by atoms with Gasteiger partial charge in [0.2, 0.25) is 25.6 Å². The molecule has 0 bridgehead atoms. The Bertz CT molecular complexity index is 383. The van der Waals surface area contributed by atoms with Gasteiger partial charge in [0.25, 0.3) is 0 Å². The van der Waals surface area contributed by atoms with Crippen LogP contribution in [0.4, 0.5) is 0 Å². The second-order valence-electron chi connectivity index (χ2n) is 4.28. The monoisotopic (exact) mass is 763 g/mol. The Morgan fingerprint density at radius 3 is 0.385 bits per heavy atom. The SMILES string of the molecule is CN(C)C=O.CN(C)C=O.CN(C)C=O.CN(C)C=O.O.O.O.O.O.[C-]#N.[C-]#N.[C-]#N.[C-]#N.[C-]#N.[C-]#N.[Fe+3].[Tm+3]. The first-order valence-electron chi connectivity index (χ1n) is 6.89. The molecule has 0 aliphatic heterocycles. The number of carbonyl (C=O) groups excluding carboxylic acids is 4. The maximum atomic E-state index is 9.43. The maximum absolute atomic E-state index is 9.43. The molecule has 19 nitrogen and oxygen atoms in total. The van der Waals surface area contributed by atoms with Gasteiger partial charge in [-0.3, -0.25) is 19.2 Å². The van der Waals surface area contributed by atoms with E-state index in [-0.39, 0.29) is 81.3 Å². The van der Waals surface area contributed by atoms with Crippen molar-refractivity contribution in [3.05, 3.63) is 39.4 Å². The molecule has 0 heterocycles. The molecular weight excluding hydrogens is 725 g/mol. The third-order valence-electron chi connectivity index (χ3n) is 0.843. The molecular formula is C18H38FeN10O9Tm. The zero-order chi connectivity index (χ0) is 29.1. The average molecular weight is 763 g/mol. The van der Waals surface area contributed by atoms with Crippen molar-refractivity contribution in [1.29, 1.82) is 31.6 Å². The third-order valence-corrected chi connectivity index (χ3v) is 0.843. The summed E-state index contributed by atoms with van der Waals surface area (Å²) in [5.41, 5.74) is 0. The molecule has 0 fully saturated rings. The summed E-state index contributed by atoms with van der Waals surface area (Å²) < 4.78 is 0. The molecule has 0 aliphatic rings. The predicted octanol–water partition coefficient (Wildman–Crippen LogP) is -4.73. The Morgan fingerprint density at radius 2 is 0.385 bits per heavy atom. The predicted molar refractivity (Wildman–Crippen MR) is 127 cm³/mol. The number of amides is 4. The van der Waals surface area contributed by atoms with E-state index in [1.807, 2.05) is 0 Å². The van der Waals surface area contributed by atoms with E-state index in [1.54, 1.807) is 56.4 Å². The van der Waals surface area contributed by atoms with Crippen LogP contribution in [0.25, 0.3) is 0 Å². The van der Waals surface area contributed by atoms with Crippen molar-refractivity contribution in [2.75, 3.05) is 56.4 Å². The van der Waals surface area contributed by atoms with Crippen molar-refractivity contribution in [2.24, 2.45) is 0 Å². The van der Waals surface area contributed by atoms with Gasteiger partial charge in [0.1, 0.15) is 0 Å².